The van der Waals surface area contributed by atoms with Gasteiger partial charge in [0.2, 0.25) is 5.91 Å². The van der Waals surface area contributed by atoms with E-state index in [1.165, 1.54) is 19.1 Å². The van der Waals surface area contributed by atoms with Crippen LogP contribution in [0, 0.1) is 0 Å². The van der Waals surface area contributed by atoms with Crippen molar-refractivity contribution in [2.45, 2.75) is 6.92 Å². The lowest BCUT2D eigenvalue weighted by atomic mass is 10.2. The third-order valence-electron chi connectivity index (χ3n) is 3.12. The van der Waals surface area contributed by atoms with Crippen molar-refractivity contribution < 1.29 is 19.1 Å². The van der Waals surface area contributed by atoms with Crippen LogP contribution in [-0.2, 0) is 9.59 Å². The van der Waals surface area contributed by atoms with Crippen LogP contribution in [0.2, 0.25) is 0 Å². The minimum atomic E-state index is -0.467. The second-order valence-electron chi connectivity index (χ2n) is 5.32. The summed E-state index contributed by atoms with van der Waals surface area (Å²) in [4.78, 5) is 34.7. The molecular formula is C18H18N4O4S. The maximum absolute atomic E-state index is 12.0. The van der Waals surface area contributed by atoms with Crippen LogP contribution in [0.15, 0.2) is 54.6 Å². The first kappa shape index (κ1) is 19.9. The van der Waals surface area contributed by atoms with Crippen molar-refractivity contribution in [2.24, 2.45) is 0 Å². The third kappa shape index (κ3) is 7.12. The van der Waals surface area contributed by atoms with Gasteiger partial charge in [0.1, 0.15) is 5.75 Å². The van der Waals surface area contributed by atoms with Crippen LogP contribution in [0.5, 0.6) is 5.75 Å². The van der Waals surface area contributed by atoms with Crippen molar-refractivity contribution in [3.05, 3.63) is 60.2 Å². The molecule has 27 heavy (non-hydrogen) atoms. The smallest absolute Gasteiger partial charge is 0.269 e. The molecule has 0 radical (unpaired) electrons. The van der Waals surface area contributed by atoms with Gasteiger partial charge in [-0.2, -0.15) is 0 Å². The van der Waals surface area contributed by atoms with E-state index in [-0.39, 0.29) is 17.6 Å². The lowest BCUT2D eigenvalue weighted by Crippen LogP contribution is -2.49. The van der Waals surface area contributed by atoms with E-state index >= 15 is 0 Å². The monoisotopic (exact) mass is 386 g/mol. The number of thiocarbonyl (C=S) groups is 1. The molecule has 0 aliphatic rings. The van der Waals surface area contributed by atoms with E-state index in [0.29, 0.717) is 17.0 Å². The van der Waals surface area contributed by atoms with Gasteiger partial charge in [0.05, 0.1) is 0 Å². The van der Waals surface area contributed by atoms with Gasteiger partial charge in [0.15, 0.2) is 11.7 Å². The highest BCUT2D eigenvalue weighted by Gasteiger charge is 2.09. The molecule has 0 saturated heterocycles. The number of hydrazine groups is 1. The number of nitrogens with one attached hydrogen (secondary N) is 4. The largest absolute Gasteiger partial charge is 0.484 e. The Balaban J connectivity index is 1.73. The Morgan fingerprint density at radius 1 is 0.963 bits per heavy atom. The van der Waals surface area contributed by atoms with E-state index in [0.717, 1.165) is 0 Å². The van der Waals surface area contributed by atoms with Gasteiger partial charge in [-0.1, -0.05) is 18.2 Å². The van der Waals surface area contributed by atoms with Crippen LogP contribution >= 0.6 is 12.2 Å². The van der Waals surface area contributed by atoms with Crippen LogP contribution < -0.4 is 26.2 Å². The molecule has 8 nitrogen and oxygen atoms in total. The van der Waals surface area contributed by atoms with Crippen LogP contribution in [-0.4, -0.2) is 29.4 Å². The topological polar surface area (TPSA) is 109 Å². The lowest BCUT2D eigenvalue weighted by molar-refractivity contribution is -0.121. The number of carbonyl (C=O) groups excluding carboxylic acids is 3. The summed E-state index contributed by atoms with van der Waals surface area (Å²) in [6.45, 7) is 1.18. The molecule has 0 heterocycles. The normalized spacial score (nSPS) is 9.67. The van der Waals surface area contributed by atoms with E-state index in [4.69, 9.17) is 17.0 Å². The summed E-state index contributed by atoms with van der Waals surface area (Å²) in [6, 6.07) is 15.1. The highest BCUT2D eigenvalue weighted by atomic mass is 32.1. The maximum Gasteiger partial charge on any atom is 0.269 e. The molecule has 3 amide bonds. The Morgan fingerprint density at radius 2 is 1.63 bits per heavy atom. The molecule has 2 aromatic carbocycles. The molecule has 9 heteroatoms. The Labute approximate surface area is 161 Å². The van der Waals surface area contributed by atoms with Gasteiger partial charge in [-0.25, -0.2) is 0 Å². The van der Waals surface area contributed by atoms with Crippen LogP contribution in [0.3, 0.4) is 0 Å². The van der Waals surface area contributed by atoms with Gasteiger partial charge in [0, 0.05) is 18.2 Å². The molecule has 0 spiro atoms. The van der Waals surface area contributed by atoms with Crippen molar-refractivity contribution >= 4 is 40.7 Å². The van der Waals surface area contributed by atoms with Crippen LogP contribution in [0.4, 0.5) is 5.69 Å². The summed E-state index contributed by atoms with van der Waals surface area (Å²) in [5, 5.41) is 4.91. The van der Waals surface area contributed by atoms with E-state index in [9.17, 15) is 14.4 Å². The minimum Gasteiger partial charge on any atom is -0.484 e. The maximum atomic E-state index is 12.0. The standard InChI is InChI=1S/C18H18N4O4S/c1-12(23)19-14-9-7-13(8-10-14)17(25)21-22-18(27)20-16(24)11-26-15-5-3-2-4-6-15/h2-10H,11H2,1H3,(H,19,23)(H,21,25)(H2,20,22,24,27). The average molecular weight is 386 g/mol. The average Bonchev–Trinajstić information content (AvgIpc) is 2.65. The van der Waals surface area contributed by atoms with Crippen molar-refractivity contribution in [1.29, 1.82) is 0 Å². The van der Waals surface area contributed by atoms with E-state index < -0.39 is 11.8 Å². The van der Waals surface area contributed by atoms with Crippen molar-refractivity contribution in [2.75, 3.05) is 11.9 Å². The number of rotatable bonds is 5. The number of hydrogen-bond donors (Lipinski definition) is 4. The summed E-state index contributed by atoms with van der Waals surface area (Å²) in [5.74, 6) is -0.569. The van der Waals surface area contributed by atoms with Gasteiger partial charge in [-0.3, -0.25) is 30.6 Å². The molecule has 0 atom stereocenters. The minimum absolute atomic E-state index is 0.0696. The number of ether oxygens (including phenoxy) is 1. The number of hydrogen-bond acceptors (Lipinski definition) is 5. The van der Waals surface area contributed by atoms with E-state index in [1.54, 1.807) is 36.4 Å². The van der Waals surface area contributed by atoms with Crippen molar-refractivity contribution in [3.63, 3.8) is 0 Å². The predicted molar refractivity (Wildman–Crippen MR) is 104 cm³/mol. The summed E-state index contributed by atoms with van der Waals surface area (Å²) in [7, 11) is 0. The molecule has 2 rings (SSSR count). The first-order valence-electron chi connectivity index (χ1n) is 7.89. The summed E-state index contributed by atoms with van der Waals surface area (Å²) >= 11 is 4.94. The van der Waals surface area contributed by atoms with Crippen molar-refractivity contribution in [3.8, 4) is 5.75 Å². The molecule has 0 aliphatic heterocycles. The molecule has 2 aromatic rings. The second kappa shape index (κ2) is 9.88. The second-order valence-corrected chi connectivity index (χ2v) is 5.72. The van der Waals surface area contributed by atoms with Gasteiger partial charge >= 0.3 is 0 Å². The fraction of sp³-hybridized carbons (Fsp3) is 0.111. The Bertz CT molecular complexity index is 825. The molecule has 0 unspecified atom stereocenters. The molecule has 0 aliphatic carbocycles. The SMILES string of the molecule is CC(=O)Nc1ccc(C(=O)NNC(=S)NC(=O)COc2ccccc2)cc1. The number of para-hydroxylation sites is 1. The zero-order valence-corrected chi connectivity index (χ0v) is 15.3. The molecular weight excluding hydrogens is 368 g/mol. The molecule has 0 saturated carbocycles. The van der Waals surface area contributed by atoms with E-state index in [1.807, 2.05) is 6.07 Å². The van der Waals surface area contributed by atoms with Crippen LogP contribution in [0.1, 0.15) is 17.3 Å². The Morgan fingerprint density at radius 3 is 2.26 bits per heavy atom. The first-order valence-corrected chi connectivity index (χ1v) is 8.30. The number of benzene rings is 2. The Kier molecular flexibility index (Phi) is 7.26. The van der Waals surface area contributed by atoms with Gasteiger partial charge in [-0.05, 0) is 48.6 Å². The Hall–Kier alpha value is -3.46. The van der Waals surface area contributed by atoms with E-state index in [2.05, 4.69) is 21.5 Å². The fourth-order valence-electron chi connectivity index (χ4n) is 1.95. The van der Waals surface area contributed by atoms with Crippen LogP contribution in [0.25, 0.3) is 0 Å². The number of amides is 3. The fourth-order valence-corrected chi connectivity index (χ4v) is 2.12. The summed E-state index contributed by atoms with van der Waals surface area (Å²) in [5.41, 5.74) is 5.72. The third-order valence-corrected chi connectivity index (χ3v) is 3.33. The highest BCUT2D eigenvalue weighted by molar-refractivity contribution is 7.80. The number of anilines is 1. The molecule has 140 valence electrons. The predicted octanol–water partition coefficient (Wildman–Crippen LogP) is 1.36. The van der Waals surface area contributed by atoms with Gasteiger partial charge in [-0.15, -0.1) is 0 Å². The zero-order valence-electron chi connectivity index (χ0n) is 14.4. The van der Waals surface area contributed by atoms with Gasteiger partial charge < -0.3 is 10.1 Å². The highest BCUT2D eigenvalue weighted by Crippen LogP contribution is 2.09. The molecule has 0 aromatic heterocycles. The molecule has 0 bridgehead atoms. The summed E-state index contributed by atoms with van der Waals surface area (Å²) < 4.78 is 5.29. The first-order chi connectivity index (χ1) is 12.9. The lowest BCUT2D eigenvalue weighted by Gasteiger charge is -2.11. The molecule has 4 N–H and O–H groups in total. The molecule has 0 fully saturated rings. The zero-order chi connectivity index (χ0) is 19.6. The quantitative estimate of drug-likeness (QED) is 0.456. The number of carbonyl (C=O) groups is 3. The summed E-state index contributed by atoms with van der Waals surface area (Å²) in [6.07, 6.45) is 0. The van der Waals surface area contributed by atoms with Crippen molar-refractivity contribution in [1.82, 2.24) is 16.2 Å². The van der Waals surface area contributed by atoms with Gasteiger partial charge in [0.25, 0.3) is 11.8 Å².